The van der Waals surface area contributed by atoms with Crippen LogP contribution in [0.1, 0.15) is 113 Å². The maximum atomic E-state index is 14.7. The quantitative estimate of drug-likeness (QED) is 0.155. The highest BCUT2D eigenvalue weighted by atomic mass is 16.7. The van der Waals surface area contributed by atoms with E-state index >= 15 is 0 Å². The van der Waals surface area contributed by atoms with Crippen LogP contribution in [0.15, 0.2) is 36.4 Å². The van der Waals surface area contributed by atoms with Crippen LogP contribution in [0, 0.1) is 35.0 Å². The number of esters is 1. The third-order valence-corrected chi connectivity index (χ3v) is 12.7. The number of para-hydroxylation sites is 1. The Bertz CT molecular complexity index is 1700. The number of aryl methyl sites for hydroxylation is 1. The average Bonchev–Trinajstić information content (AvgIpc) is 3.45. The predicted molar refractivity (Wildman–Crippen MR) is 209 cm³/mol. The van der Waals surface area contributed by atoms with Gasteiger partial charge in [0.1, 0.15) is 23.9 Å². The molecule has 0 aliphatic carbocycles. The van der Waals surface area contributed by atoms with Crippen molar-refractivity contribution in [1.29, 1.82) is 0 Å². The summed E-state index contributed by atoms with van der Waals surface area (Å²) in [7, 11) is 0. The third kappa shape index (κ3) is 8.79. The summed E-state index contributed by atoms with van der Waals surface area (Å²) in [6.45, 7) is 18.9. The van der Waals surface area contributed by atoms with E-state index in [-0.39, 0.29) is 23.6 Å². The number of hydrogen-bond donors (Lipinski definition) is 1. The topological polar surface area (TPSA) is 142 Å². The molecule has 0 spiro atoms. The smallest absolute Gasteiger partial charge is 0.410 e. The Morgan fingerprint density at radius 2 is 1.64 bits per heavy atom. The van der Waals surface area contributed by atoms with Gasteiger partial charge in [-0.25, -0.2) is 4.79 Å². The second-order valence-electron chi connectivity index (χ2n) is 17.4. The van der Waals surface area contributed by atoms with Gasteiger partial charge in [-0.05, 0) is 82.3 Å². The number of amides is 1. The lowest BCUT2D eigenvalue weighted by Gasteiger charge is -2.46. The summed E-state index contributed by atoms with van der Waals surface area (Å²) in [5.74, 6) is -4.35. The number of aliphatic hydroxyl groups is 1. The van der Waals surface area contributed by atoms with Crippen LogP contribution >= 0.6 is 0 Å². The van der Waals surface area contributed by atoms with Gasteiger partial charge in [-0.15, -0.1) is 0 Å². The molecule has 1 aromatic heterocycles. The first-order valence-corrected chi connectivity index (χ1v) is 20.6. The molecule has 3 fully saturated rings. The molecule has 1 unspecified atom stereocenters. The Morgan fingerprint density at radius 3 is 2.33 bits per heavy atom. The summed E-state index contributed by atoms with van der Waals surface area (Å²) in [4.78, 5) is 63.3. The number of ether oxygens (including phenoxy) is 4. The number of ketones is 2. The predicted octanol–water partition coefficient (Wildman–Crippen LogP) is 7.48. The number of fused-ring (bicyclic) bond motifs is 2. The second-order valence-corrected chi connectivity index (χ2v) is 17.4. The van der Waals surface area contributed by atoms with Crippen molar-refractivity contribution in [2.24, 2.45) is 35.0 Å². The first-order valence-electron chi connectivity index (χ1n) is 20.6. The van der Waals surface area contributed by atoms with E-state index in [0.29, 0.717) is 38.6 Å². The molecule has 2 aromatic rings. The SMILES string of the molecule is CC[C@H]1OC(=O)[C@H](C)C(=O)[C@H](C)[C@@H](OC2O[C@H](C)C[C@H](C)[C@H]2O)C(C)(C)C[C@@H](C)C(=O)[C@H](C)[C@H]2N(CCCCc3ccc4ccccc4n3)C(=O)O[C@]12CC. The third-order valence-electron chi connectivity index (χ3n) is 12.7. The zero-order valence-electron chi connectivity index (χ0n) is 34.6. The number of unbranched alkanes of at least 4 members (excludes halogenated alkanes) is 1. The van der Waals surface area contributed by atoms with Crippen molar-refractivity contribution in [2.45, 2.75) is 157 Å². The Balaban J connectivity index is 1.45. The number of rotatable bonds is 9. The van der Waals surface area contributed by atoms with Crippen molar-refractivity contribution in [3.8, 4) is 0 Å². The number of nitrogens with zero attached hydrogens (tertiary/aromatic N) is 2. The minimum Gasteiger partial charge on any atom is -0.457 e. The summed E-state index contributed by atoms with van der Waals surface area (Å²) in [6.07, 6.45) is -0.535. The van der Waals surface area contributed by atoms with Gasteiger partial charge in [0.25, 0.3) is 0 Å². The molecule has 3 aliphatic heterocycles. The van der Waals surface area contributed by atoms with Crippen LogP contribution in [0.5, 0.6) is 0 Å². The standard InChI is InChI=1S/C44H64N2O9/c1-11-34-44(12-2)38(46(42(51)55-44)22-16-15-18-32-21-20-31-17-13-14-19-33(31)45-32)28(6)35(47)26(4)24-43(9,10)39(29(7)37(49)30(8)40(50)53-34)54-41-36(48)25(3)23-27(5)52-41/h13-14,17,19-21,25-30,34,36,38-39,41,48H,11-12,15-16,18,22-24H2,1-10H3/t25-,26+,27+,28-,29-,30+,34+,36+,38+,39+,41?,44+/m0/s1. The van der Waals surface area contributed by atoms with Gasteiger partial charge in [0.15, 0.2) is 17.7 Å². The molecule has 3 aliphatic rings. The number of pyridine rings is 1. The Kier molecular flexibility index (Phi) is 13.5. The number of aromatic nitrogens is 1. The normalized spacial score (nSPS) is 36.3. The molecule has 0 saturated carbocycles. The lowest BCUT2D eigenvalue weighted by atomic mass is 9.68. The fraction of sp³-hybridized carbons (Fsp3) is 0.705. The van der Waals surface area contributed by atoms with Gasteiger partial charge in [-0.2, -0.15) is 0 Å². The van der Waals surface area contributed by atoms with Crippen LogP contribution in [-0.2, 0) is 39.8 Å². The van der Waals surface area contributed by atoms with Gasteiger partial charge >= 0.3 is 12.1 Å². The Hall–Kier alpha value is -3.41. The van der Waals surface area contributed by atoms with Crippen LogP contribution in [0.2, 0.25) is 0 Å². The van der Waals surface area contributed by atoms with Crippen molar-refractivity contribution < 1.29 is 43.2 Å². The largest absolute Gasteiger partial charge is 0.457 e. The maximum Gasteiger partial charge on any atom is 0.410 e. The molecule has 1 N–H and O–H groups in total. The molecule has 4 heterocycles. The van der Waals surface area contributed by atoms with E-state index in [2.05, 4.69) is 6.07 Å². The minimum atomic E-state index is -1.31. The van der Waals surface area contributed by atoms with E-state index in [1.165, 1.54) is 0 Å². The lowest BCUT2D eigenvalue weighted by Crippen LogP contribution is -2.59. The van der Waals surface area contributed by atoms with Crippen LogP contribution in [0.3, 0.4) is 0 Å². The van der Waals surface area contributed by atoms with Crippen molar-refractivity contribution >= 4 is 34.5 Å². The van der Waals surface area contributed by atoms with Gasteiger partial charge in [-0.1, -0.05) is 79.7 Å². The molecular weight excluding hydrogens is 700 g/mol. The number of hydrogen-bond acceptors (Lipinski definition) is 10. The summed E-state index contributed by atoms with van der Waals surface area (Å²) < 4.78 is 25.2. The summed E-state index contributed by atoms with van der Waals surface area (Å²) in [5, 5.41) is 12.2. The average molecular weight is 765 g/mol. The van der Waals surface area contributed by atoms with Gasteiger partial charge in [-0.3, -0.25) is 19.4 Å². The highest BCUT2D eigenvalue weighted by molar-refractivity contribution is 6.00. The zero-order valence-corrected chi connectivity index (χ0v) is 34.6. The Labute approximate surface area is 327 Å². The van der Waals surface area contributed by atoms with E-state index in [1.54, 1.807) is 18.7 Å². The molecule has 304 valence electrons. The first-order chi connectivity index (χ1) is 25.9. The molecule has 1 aromatic carbocycles. The monoisotopic (exact) mass is 764 g/mol. The van der Waals surface area contributed by atoms with Crippen molar-refractivity contribution in [3.05, 3.63) is 42.1 Å². The van der Waals surface area contributed by atoms with E-state index in [0.717, 1.165) is 29.4 Å². The maximum absolute atomic E-state index is 14.7. The molecule has 1 amide bonds. The fourth-order valence-electron chi connectivity index (χ4n) is 9.76. The van der Waals surface area contributed by atoms with E-state index in [1.807, 2.05) is 85.7 Å². The van der Waals surface area contributed by atoms with Crippen molar-refractivity contribution in [2.75, 3.05) is 6.54 Å². The number of benzene rings is 1. The molecule has 3 saturated heterocycles. The Morgan fingerprint density at radius 1 is 0.927 bits per heavy atom. The van der Waals surface area contributed by atoms with E-state index in [4.69, 9.17) is 23.9 Å². The molecular formula is C44H64N2O9. The summed E-state index contributed by atoms with van der Waals surface area (Å²) in [6, 6.07) is 11.4. The van der Waals surface area contributed by atoms with Gasteiger partial charge < -0.3 is 29.0 Å². The van der Waals surface area contributed by atoms with Crippen LogP contribution in [-0.4, -0.2) is 87.5 Å². The summed E-state index contributed by atoms with van der Waals surface area (Å²) in [5.41, 5.74) is -0.183. The second kappa shape index (κ2) is 17.4. The highest BCUT2D eigenvalue weighted by Gasteiger charge is 2.61. The van der Waals surface area contributed by atoms with Crippen LogP contribution < -0.4 is 0 Å². The minimum absolute atomic E-state index is 0.0555. The van der Waals surface area contributed by atoms with E-state index < -0.39 is 77.4 Å². The van der Waals surface area contributed by atoms with Crippen LogP contribution in [0.25, 0.3) is 10.9 Å². The van der Waals surface area contributed by atoms with Crippen molar-refractivity contribution in [1.82, 2.24) is 9.88 Å². The van der Waals surface area contributed by atoms with Crippen LogP contribution in [0.4, 0.5) is 4.79 Å². The molecule has 11 nitrogen and oxygen atoms in total. The number of Topliss-reactive ketones (excluding diaryl/α,β-unsaturated/α-hetero) is 2. The lowest BCUT2D eigenvalue weighted by molar-refractivity contribution is -0.284. The number of carbonyl (C=O) groups excluding carboxylic acids is 4. The molecule has 11 heteroatoms. The van der Waals surface area contributed by atoms with Gasteiger partial charge in [0.2, 0.25) is 0 Å². The summed E-state index contributed by atoms with van der Waals surface area (Å²) >= 11 is 0. The highest BCUT2D eigenvalue weighted by Crippen LogP contribution is 2.45. The molecule has 0 bridgehead atoms. The zero-order chi connectivity index (χ0) is 40.4. The van der Waals surface area contributed by atoms with Gasteiger partial charge in [0.05, 0.1) is 23.8 Å². The fourth-order valence-corrected chi connectivity index (χ4v) is 9.76. The molecule has 12 atom stereocenters. The van der Waals surface area contributed by atoms with Crippen molar-refractivity contribution in [3.63, 3.8) is 0 Å². The first kappa shape index (κ1) is 42.7. The molecule has 5 rings (SSSR count). The molecule has 55 heavy (non-hydrogen) atoms. The molecule has 0 radical (unpaired) electrons. The number of cyclic esters (lactones) is 1. The van der Waals surface area contributed by atoms with E-state index in [9.17, 15) is 24.3 Å². The number of aliphatic hydroxyl groups excluding tert-OH is 1. The number of carbonyl (C=O) groups is 4. The van der Waals surface area contributed by atoms with Gasteiger partial charge in [0, 0.05) is 35.4 Å².